The minimum atomic E-state index is -1.05. The van der Waals surface area contributed by atoms with Crippen LogP contribution in [0.25, 0.3) is 5.76 Å². The maximum Gasteiger partial charge on any atom is 0.301 e. The number of aliphatic hydroxyl groups is 1. The van der Waals surface area contributed by atoms with E-state index in [1.807, 2.05) is 50.2 Å². The van der Waals surface area contributed by atoms with Crippen molar-refractivity contribution in [2.75, 3.05) is 11.5 Å². The van der Waals surface area contributed by atoms with E-state index in [2.05, 4.69) is 10.2 Å². The Morgan fingerprint density at radius 3 is 2.61 bits per heavy atom. The molecule has 1 aromatic heterocycles. The number of amides is 1. The van der Waals surface area contributed by atoms with Crippen molar-refractivity contribution in [2.24, 2.45) is 0 Å². The molecule has 7 rings (SSSR count). The van der Waals surface area contributed by atoms with Gasteiger partial charge in [-0.1, -0.05) is 88.8 Å². The molecular formula is C38H31Cl2N3O6S2. The van der Waals surface area contributed by atoms with Crippen molar-refractivity contribution in [1.29, 1.82) is 0 Å². The number of carbonyl (C=O) groups excluding carboxylic acids is 2. The fourth-order valence-corrected chi connectivity index (χ4v) is 8.45. The van der Waals surface area contributed by atoms with Crippen molar-refractivity contribution < 1.29 is 28.9 Å². The summed E-state index contributed by atoms with van der Waals surface area (Å²) in [7, 11) is 0. The van der Waals surface area contributed by atoms with Gasteiger partial charge in [-0.25, -0.2) is 0 Å². The summed E-state index contributed by atoms with van der Waals surface area (Å²) in [5.74, 6) is 0.135. The van der Waals surface area contributed by atoms with Gasteiger partial charge in [0, 0.05) is 27.8 Å². The molecule has 1 amide bonds. The molecule has 4 aromatic carbocycles. The maximum atomic E-state index is 13.9. The van der Waals surface area contributed by atoms with E-state index in [1.54, 1.807) is 48.5 Å². The van der Waals surface area contributed by atoms with Gasteiger partial charge in [0.25, 0.3) is 5.78 Å². The molecular weight excluding hydrogens is 729 g/mol. The summed E-state index contributed by atoms with van der Waals surface area (Å²) in [5.41, 5.74) is 3.58. The number of hydrogen-bond donors (Lipinski definition) is 1. The summed E-state index contributed by atoms with van der Waals surface area (Å²) in [6.45, 7) is 4.48. The highest BCUT2D eigenvalue weighted by molar-refractivity contribution is 8.00. The number of anilines is 1. The molecule has 9 nitrogen and oxygen atoms in total. The van der Waals surface area contributed by atoms with Gasteiger partial charge in [0.05, 0.1) is 18.2 Å². The number of fused-ring (bicyclic) bond motifs is 1. The van der Waals surface area contributed by atoms with Crippen LogP contribution < -0.4 is 19.1 Å². The van der Waals surface area contributed by atoms with Gasteiger partial charge in [-0.3, -0.25) is 14.5 Å². The second-order valence-electron chi connectivity index (χ2n) is 11.9. The predicted molar refractivity (Wildman–Crippen MR) is 199 cm³/mol. The lowest BCUT2D eigenvalue weighted by Gasteiger charge is -2.24. The standard InChI is InChI=1S/C38H31Cl2N3O6S2/c1-3-47-31-17-23(10-14-30(31)48-19-22-7-5-4-6-8-22)33-32(34(44)24-11-13-29-26(16-24)15-21(2)49-29)35(45)36(46)43(33)37-41-42-38(51-37)50-20-25-9-12-27(39)18-28(25)40/h4-14,16-18,21,33,44H,3,15,19-20H2,1-2H3/t21-,33-/m1/s1. The normalized spacial score (nSPS) is 17.8. The van der Waals surface area contributed by atoms with E-state index in [1.165, 1.54) is 16.7 Å². The quantitative estimate of drug-likeness (QED) is 0.0464. The van der Waals surface area contributed by atoms with Crippen LogP contribution in [0.4, 0.5) is 5.13 Å². The van der Waals surface area contributed by atoms with Crippen LogP contribution in [-0.4, -0.2) is 39.7 Å². The Bertz CT molecular complexity index is 2160. The molecule has 5 aromatic rings. The zero-order chi connectivity index (χ0) is 35.6. The highest BCUT2D eigenvalue weighted by Gasteiger charge is 2.48. The van der Waals surface area contributed by atoms with Crippen molar-refractivity contribution in [1.82, 2.24) is 10.2 Å². The summed E-state index contributed by atoms with van der Waals surface area (Å²) in [4.78, 5) is 29.1. The first-order valence-electron chi connectivity index (χ1n) is 16.1. The topological polar surface area (TPSA) is 111 Å². The van der Waals surface area contributed by atoms with Crippen molar-refractivity contribution in [3.63, 3.8) is 0 Å². The molecule has 2 aliphatic rings. The highest BCUT2D eigenvalue weighted by Crippen LogP contribution is 2.46. The molecule has 13 heteroatoms. The predicted octanol–water partition coefficient (Wildman–Crippen LogP) is 9.06. The smallest absolute Gasteiger partial charge is 0.301 e. The molecule has 2 aliphatic heterocycles. The lowest BCUT2D eigenvalue weighted by atomic mass is 9.94. The number of halogens is 2. The van der Waals surface area contributed by atoms with Crippen LogP contribution in [0.15, 0.2) is 94.8 Å². The molecule has 1 saturated heterocycles. The molecule has 1 fully saturated rings. The number of carbonyl (C=O) groups is 2. The molecule has 0 unspecified atom stereocenters. The Morgan fingerprint density at radius 2 is 1.82 bits per heavy atom. The molecule has 0 bridgehead atoms. The van der Waals surface area contributed by atoms with Gasteiger partial charge in [-0.2, -0.15) is 0 Å². The first-order chi connectivity index (χ1) is 24.7. The number of hydrogen-bond acceptors (Lipinski definition) is 10. The summed E-state index contributed by atoms with van der Waals surface area (Å²) in [6.07, 6.45) is 0.644. The molecule has 260 valence electrons. The molecule has 0 saturated carbocycles. The average molecular weight is 761 g/mol. The van der Waals surface area contributed by atoms with Crippen LogP contribution in [0, 0.1) is 0 Å². The lowest BCUT2D eigenvalue weighted by molar-refractivity contribution is -0.132. The van der Waals surface area contributed by atoms with Gasteiger partial charge in [-0.15, -0.1) is 10.2 Å². The second kappa shape index (κ2) is 15.0. The fourth-order valence-electron chi connectivity index (χ4n) is 6.02. The molecule has 1 N–H and O–H groups in total. The lowest BCUT2D eigenvalue weighted by Crippen LogP contribution is -2.29. The van der Waals surface area contributed by atoms with Gasteiger partial charge < -0.3 is 19.3 Å². The Hall–Kier alpha value is -4.55. The first kappa shape index (κ1) is 34.9. The van der Waals surface area contributed by atoms with Crippen LogP contribution in [0.1, 0.15) is 47.7 Å². The zero-order valence-electron chi connectivity index (χ0n) is 27.5. The van der Waals surface area contributed by atoms with E-state index in [4.69, 9.17) is 37.4 Å². The number of nitrogens with zero attached hydrogens (tertiary/aromatic N) is 3. The molecule has 3 heterocycles. The van der Waals surface area contributed by atoms with Gasteiger partial charge in [0.2, 0.25) is 5.13 Å². The minimum absolute atomic E-state index is 0.0113. The second-order valence-corrected chi connectivity index (χ2v) is 14.9. The Balaban J connectivity index is 1.27. The van der Waals surface area contributed by atoms with Crippen molar-refractivity contribution in [3.8, 4) is 17.2 Å². The molecule has 0 aliphatic carbocycles. The third-order valence-electron chi connectivity index (χ3n) is 8.40. The number of thioether (sulfide) groups is 1. The monoisotopic (exact) mass is 759 g/mol. The van der Waals surface area contributed by atoms with E-state index >= 15 is 0 Å². The number of ether oxygens (including phenoxy) is 3. The van der Waals surface area contributed by atoms with E-state index in [-0.39, 0.29) is 22.6 Å². The van der Waals surface area contributed by atoms with Crippen molar-refractivity contribution >= 4 is 68.9 Å². The summed E-state index contributed by atoms with van der Waals surface area (Å²) >= 11 is 15.0. The Labute approximate surface area is 312 Å². The fraction of sp³-hybridized carbons (Fsp3) is 0.211. The van der Waals surface area contributed by atoms with Crippen LogP contribution >= 0.6 is 46.3 Å². The van der Waals surface area contributed by atoms with Gasteiger partial charge in [0.1, 0.15) is 24.2 Å². The Kier molecular flexibility index (Phi) is 10.2. The first-order valence-corrected chi connectivity index (χ1v) is 18.7. The third kappa shape index (κ3) is 7.30. The van der Waals surface area contributed by atoms with E-state index in [9.17, 15) is 14.7 Å². The summed E-state index contributed by atoms with van der Waals surface area (Å²) in [6, 6.07) is 24.5. The van der Waals surface area contributed by atoms with Gasteiger partial charge >= 0.3 is 5.91 Å². The van der Waals surface area contributed by atoms with Crippen LogP contribution in [0.3, 0.4) is 0 Å². The van der Waals surface area contributed by atoms with Crippen LogP contribution in [-0.2, 0) is 28.4 Å². The number of aromatic nitrogens is 2. The SMILES string of the molecule is CCOc1cc([C@@H]2C(=C(O)c3ccc4c(c3)C[C@@H](C)O4)C(=O)C(=O)N2c2nnc(SCc3ccc(Cl)cc3Cl)s2)ccc1OCc1ccccc1. The summed E-state index contributed by atoms with van der Waals surface area (Å²) < 4.78 is 18.5. The van der Waals surface area contributed by atoms with E-state index in [0.717, 1.165) is 33.8 Å². The number of rotatable bonds is 11. The van der Waals surface area contributed by atoms with Crippen LogP contribution in [0.5, 0.6) is 17.2 Å². The largest absolute Gasteiger partial charge is 0.507 e. The molecule has 0 radical (unpaired) electrons. The van der Waals surface area contributed by atoms with Crippen molar-refractivity contribution in [3.05, 3.63) is 128 Å². The average Bonchev–Trinajstić information content (AvgIpc) is 3.82. The van der Waals surface area contributed by atoms with Crippen LogP contribution in [0.2, 0.25) is 10.0 Å². The molecule has 51 heavy (non-hydrogen) atoms. The van der Waals surface area contributed by atoms with Crippen molar-refractivity contribution in [2.45, 2.75) is 49.1 Å². The van der Waals surface area contributed by atoms with Gasteiger partial charge in [0.15, 0.2) is 15.8 Å². The maximum absolute atomic E-state index is 13.9. The van der Waals surface area contributed by atoms with E-state index in [0.29, 0.717) is 62.4 Å². The van der Waals surface area contributed by atoms with E-state index < -0.39 is 17.7 Å². The number of benzene rings is 4. The molecule has 2 atom stereocenters. The highest BCUT2D eigenvalue weighted by atomic mass is 35.5. The zero-order valence-corrected chi connectivity index (χ0v) is 30.6. The number of Topliss-reactive ketones (excluding diaryl/α,β-unsaturated/α-hetero) is 1. The number of ketones is 1. The Morgan fingerprint density at radius 1 is 1.00 bits per heavy atom. The molecule has 0 spiro atoms. The minimum Gasteiger partial charge on any atom is -0.507 e. The van der Waals surface area contributed by atoms with Gasteiger partial charge in [-0.05, 0) is 78.6 Å². The third-order valence-corrected chi connectivity index (χ3v) is 11.1. The number of aliphatic hydroxyl groups excluding tert-OH is 1. The summed E-state index contributed by atoms with van der Waals surface area (Å²) in [5, 5.41) is 21.7.